The fourth-order valence-corrected chi connectivity index (χ4v) is 1.34. The van der Waals surface area contributed by atoms with Gasteiger partial charge in [0.25, 0.3) is 0 Å². The smallest absolute Gasteiger partial charge is 0.110 e. The maximum absolute atomic E-state index is 5.85. The third kappa shape index (κ3) is 2.35. The average molecular weight is 212 g/mol. The number of hydrogen-bond donors (Lipinski definition) is 1. The molecule has 0 aliphatic carbocycles. The van der Waals surface area contributed by atoms with E-state index in [1.54, 1.807) is 0 Å². The predicted octanol–water partition coefficient (Wildman–Crippen LogP) is 3.78. The number of hydrogen-bond acceptors (Lipinski definition) is 2. The van der Waals surface area contributed by atoms with Crippen molar-refractivity contribution in [1.29, 1.82) is 0 Å². The van der Waals surface area contributed by atoms with Crippen LogP contribution in [0.3, 0.4) is 0 Å². The van der Waals surface area contributed by atoms with Gasteiger partial charge in [0.1, 0.15) is 11.5 Å². The lowest BCUT2D eigenvalue weighted by molar-refractivity contribution is 0.346. The quantitative estimate of drug-likeness (QED) is 0.736. The largest absolute Gasteiger partial charge is 0.465 e. The lowest BCUT2D eigenvalue weighted by atomic mass is 9.93. The first-order valence-electron chi connectivity index (χ1n) is 4.99. The Morgan fingerprint density at radius 1 is 1.07 bits per heavy atom. The molecule has 80 valence electrons. The van der Waals surface area contributed by atoms with Gasteiger partial charge in [-0.1, -0.05) is 34.6 Å². The van der Waals surface area contributed by atoms with E-state index in [0.717, 1.165) is 17.3 Å². The summed E-state index contributed by atoms with van der Waals surface area (Å²) in [6.45, 7) is 10.8. The number of furan rings is 1. The topological polar surface area (TPSA) is 13.1 Å². The average Bonchev–Trinajstić information content (AvgIpc) is 2.51. The summed E-state index contributed by atoms with van der Waals surface area (Å²) < 4.78 is 5.85. The van der Waals surface area contributed by atoms with Crippen molar-refractivity contribution in [3.63, 3.8) is 0 Å². The normalized spacial score (nSPS) is 13.3. The Bertz CT molecular complexity index is 304. The highest BCUT2D eigenvalue weighted by atomic mass is 32.1. The first kappa shape index (κ1) is 11.7. The summed E-state index contributed by atoms with van der Waals surface area (Å²) in [5.74, 6) is 2.86. The van der Waals surface area contributed by atoms with Crippen LogP contribution in [0.1, 0.15) is 46.1 Å². The molecule has 14 heavy (non-hydrogen) atoms. The molecule has 1 aromatic rings. The molecule has 0 aliphatic heterocycles. The Morgan fingerprint density at radius 2 is 1.57 bits per heavy atom. The van der Waals surface area contributed by atoms with Crippen LogP contribution in [0.15, 0.2) is 16.5 Å². The van der Waals surface area contributed by atoms with Crippen LogP contribution in [0.2, 0.25) is 0 Å². The number of rotatable bonds is 2. The Hall–Kier alpha value is -0.370. The van der Waals surface area contributed by atoms with E-state index in [4.69, 9.17) is 4.42 Å². The van der Waals surface area contributed by atoms with Gasteiger partial charge in [0.05, 0.1) is 0 Å². The van der Waals surface area contributed by atoms with Gasteiger partial charge in [0.2, 0.25) is 0 Å². The fourth-order valence-electron chi connectivity index (χ4n) is 1.18. The minimum absolute atomic E-state index is 0.0204. The zero-order valence-electron chi connectivity index (χ0n) is 9.72. The van der Waals surface area contributed by atoms with E-state index in [-0.39, 0.29) is 10.8 Å². The second kappa shape index (κ2) is 3.65. The third-order valence-electron chi connectivity index (χ3n) is 2.41. The van der Waals surface area contributed by atoms with E-state index in [1.165, 1.54) is 0 Å². The summed E-state index contributed by atoms with van der Waals surface area (Å²) in [4.78, 5) is 0. The van der Waals surface area contributed by atoms with Crippen LogP contribution in [0, 0.1) is 0 Å². The molecule has 0 radical (unpaired) electrons. The van der Waals surface area contributed by atoms with Crippen molar-refractivity contribution >= 4 is 12.6 Å². The third-order valence-corrected chi connectivity index (χ3v) is 3.20. The SMILES string of the molecule is CC(C)(C)c1ccc(C(C)(C)CS)o1. The maximum Gasteiger partial charge on any atom is 0.110 e. The van der Waals surface area contributed by atoms with Crippen molar-refractivity contribution in [2.75, 3.05) is 5.75 Å². The van der Waals surface area contributed by atoms with E-state index < -0.39 is 0 Å². The summed E-state index contributed by atoms with van der Waals surface area (Å²) >= 11 is 4.33. The fraction of sp³-hybridized carbons (Fsp3) is 0.667. The molecular weight excluding hydrogens is 192 g/mol. The van der Waals surface area contributed by atoms with Gasteiger partial charge >= 0.3 is 0 Å². The highest BCUT2D eigenvalue weighted by molar-refractivity contribution is 7.80. The van der Waals surface area contributed by atoms with Crippen molar-refractivity contribution in [2.45, 2.75) is 45.4 Å². The molecule has 1 heterocycles. The molecule has 1 rings (SSSR count). The summed E-state index contributed by atoms with van der Waals surface area (Å²) in [7, 11) is 0. The van der Waals surface area contributed by atoms with Crippen LogP contribution in [-0.2, 0) is 10.8 Å². The van der Waals surface area contributed by atoms with Crippen molar-refractivity contribution in [3.05, 3.63) is 23.7 Å². The van der Waals surface area contributed by atoms with Gasteiger partial charge < -0.3 is 4.42 Å². The second-order valence-corrected chi connectivity index (χ2v) is 5.77. The standard InChI is InChI=1S/C12H20OS/c1-11(2,3)9-6-7-10(13-9)12(4,5)8-14/h6-7,14H,8H2,1-5H3. The van der Waals surface area contributed by atoms with Gasteiger partial charge in [-0.3, -0.25) is 0 Å². The van der Waals surface area contributed by atoms with Gasteiger partial charge in [0, 0.05) is 16.6 Å². The highest BCUT2D eigenvalue weighted by Gasteiger charge is 2.25. The van der Waals surface area contributed by atoms with Crippen molar-refractivity contribution < 1.29 is 4.42 Å². The van der Waals surface area contributed by atoms with Gasteiger partial charge in [0.15, 0.2) is 0 Å². The first-order valence-corrected chi connectivity index (χ1v) is 5.62. The van der Waals surface area contributed by atoms with Gasteiger partial charge in [-0.05, 0) is 12.1 Å². The molecule has 1 nitrogen and oxygen atoms in total. The van der Waals surface area contributed by atoms with Crippen LogP contribution < -0.4 is 0 Å². The number of thiol groups is 1. The molecule has 0 spiro atoms. The first-order chi connectivity index (χ1) is 6.27. The summed E-state index contributed by atoms with van der Waals surface area (Å²) in [6.07, 6.45) is 0. The van der Waals surface area contributed by atoms with Crippen molar-refractivity contribution in [2.24, 2.45) is 0 Å². The van der Waals surface area contributed by atoms with Gasteiger partial charge in [-0.25, -0.2) is 0 Å². The van der Waals surface area contributed by atoms with Crippen molar-refractivity contribution in [1.82, 2.24) is 0 Å². The molecular formula is C12H20OS. The molecule has 0 fully saturated rings. The Morgan fingerprint density at radius 3 is 1.93 bits per heavy atom. The summed E-state index contributed by atoms with van der Waals surface area (Å²) in [5.41, 5.74) is 0.109. The monoisotopic (exact) mass is 212 g/mol. The highest BCUT2D eigenvalue weighted by Crippen LogP contribution is 2.31. The molecule has 0 unspecified atom stereocenters. The van der Waals surface area contributed by atoms with Crippen LogP contribution >= 0.6 is 12.6 Å². The van der Waals surface area contributed by atoms with Gasteiger partial charge in [-0.2, -0.15) is 12.6 Å². The zero-order valence-corrected chi connectivity index (χ0v) is 10.6. The van der Waals surface area contributed by atoms with Crippen LogP contribution in [-0.4, -0.2) is 5.75 Å². The molecule has 0 amide bonds. The molecule has 1 aromatic heterocycles. The molecule has 0 aromatic carbocycles. The van der Waals surface area contributed by atoms with E-state index in [9.17, 15) is 0 Å². The van der Waals surface area contributed by atoms with E-state index in [0.29, 0.717) is 0 Å². The van der Waals surface area contributed by atoms with Crippen molar-refractivity contribution in [3.8, 4) is 0 Å². The molecule has 0 N–H and O–H groups in total. The zero-order chi connectivity index (χ0) is 11.0. The molecule has 0 bridgehead atoms. The maximum atomic E-state index is 5.85. The van der Waals surface area contributed by atoms with E-state index >= 15 is 0 Å². The minimum Gasteiger partial charge on any atom is -0.465 e. The summed E-state index contributed by atoms with van der Waals surface area (Å²) in [6, 6.07) is 4.14. The lowest BCUT2D eigenvalue weighted by Gasteiger charge is -2.20. The molecule has 0 atom stereocenters. The Kier molecular flexibility index (Phi) is 3.05. The predicted molar refractivity (Wildman–Crippen MR) is 64.3 cm³/mol. The lowest BCUT2D eigenvalue weighted by Crippen LogP contribution is -2.18. The molecule has 0 saturated heterocycles. The van der Waals surface area contributed by atoms with Crippen LogP contribution in [0.5, 0.6) is 0 Å². The Balaban J connectivity index is 3.00. The van der Waals surface area contributed by atoms with E-state index in [1.807, 2.05) is 0 Å². The van der Waals surface area contributed by atoms with E-state index in [2.05, 4.69) is 59.4 Å². The minimum atomic E-state index is 0.0204. The molecule has 2 heteroatoms. The van der Waals surface area contributed by atoms with Gasteiger partial charge in [-0.15, -0.1) is 0 Å². The second-order valence-electron chi connectivity index (χ2n) is 5.46. The van der Waals surface area contributed by atoms with Crippen LogP contribution in [0.25, 0.3) is 0 Å². The summed E-state index contributed by atoms with van der Waals surface area (Å²) in [5, 5.41) is 0. The Labute approximate surface area is 92.3 Å². The molecule has 0 aliphatic rings. The van der Waals surface area contributed by atoms with Crippen LogP contribution in [0.4, 0.5) is 0 Å². The molecule has 0 saturated carbocycles.